The lowest BCUT2D eigenvalue weighted by atomic mass is 9.99. The Labute approximate surface area is 193 Å². The first-order valence-electron chi connectivity index (χ1n) is 11.0. The van der Waals surface area contributed by atoms with E-state index in [0.717, 1.165) is 16.3 Å². The van der Waals surface area contributed by atoms with E-state index in [2.05, 4.69) is 5.32 Å². The number of amides is 2. The number of nitrogens with zero attached hydrogens (tertiary/aromatic N) is 1. The van der Waals surface area contributed by atoms with E-state index < -0.39 is 24.0 Å². The Kier molecular flexibility index (Phi) is 10.1. The summed E-state index contributed by atoms with van der Waals surface area (Å²) in [5.74, 6) is -1.59. The fourth-order valence-corrected chi connectivity index (χ4v) is 3.51. The van der Waals surface area contributed by atoms with E-state index >= 15 is 0 Å². The van der Waals surface area contributed by atoms with Crippen molar-refractivity contribution in [2.75, 3.05) is 26.3 Å². The average Bonchev–Trinajstić information content (AvgIpc) is 2.79. The summed E-state index contributed by atoms with van der Waals surface area (Å²) in [5.41, 5.74) is 6.12. The highest BCUT2D eigenvalue weighted by molar-refractivity contribution is 5.87. The summed E-state index contributed by atoms with van der Waals surface area (Å²) in [7, 11) is 0. The average molecular weight is 460 g/mol. The number of urea groups is 1. The standard InChI is InChI=1S/C18H20N2O4.C6H13NO2/c21-17(22)16(19-18(23)20-8-10-24-11-9-20)12-14-6-3-5-13-4-1-2-7-15(13)14;1-4(2)3-5(7)6(8)9/h1-7,16H,8-12H2,(H,19,23)(H,21,22);4-5H,3,7H2,1-2H3,(H,8,9)/t16-;5-/m00/s1. The number of fused-ring (bicyclic) bond motifs is 1. The summed E-state index contributed by atoms with van der Waals surface area (Å²) < 4.78 is 5.21. The van der Waals surface area contributed by atoms with E-state index in [4.69, 9.17) is 15.6 Å². The van der Waals surface area contributed by atoms with E-state index in [1.807, 2.05) is 56.3 Å². The molecule has 0 spiro atoms. The monoisotopic (exact) mass is 459 g/mol. The van der Waals surface area contributed by atoms with Gasteiger partial charge in [0.2, 0.25) is 0 Å². The van der Waals surface area contributed by atoms with E-state index in [9.17, 15) is 19.5 Å². The second-order valence-electron chi connectivity index (χ2n) is 8.36. The lowest BCUT2D eigenvalue weighted by Crippen LogP contribution is -2.51. The number of nitrogens with two attached hydrogens (primary N) is 1. The van der Waals surface area contributed by atoms with E-state index in [-0.39, 0.29) is 12.5 Å². The molecular weight excluding hydrogens is 426 g/mol. The topological polar surface area (TPSA) is 142 Å². The van der Waals surface area contributed by atoms with E-state index in [0.29, 0.717) is 38.6 Å². The van der Waals surface area contributed by atoms with Crippen LogP contribution in [0.15, 0.2) is 42.5 Å². The van der Waals surface area contributed by atoms with Gasteiger partial charge < -0.3 is 30.9 Å². The summed E-state index contributed by atoms with van der Waals surface area (Å²) in [6, 6.07) is 11.6. The van der Waals surface area contributed by atoms with Crippen LogP contribution in [0.3, 0.4) is 0 Å². The molecule has 1 saturated heterocycles. The first kappa shape index (κ1) is 26.1. The fourth-order valence-electron chi connectivity index (χ4n) is 3.51. The Hall–Kier alpha value is -3.17. The zero-order valence-electron chi connectivity index (χ0n) is 19.1. The highest BCUT2D eigenvalue weighted by Gasteiger charge is 2.25. The third kappa shape index (κ3) is 8.36. The Morgan fingerprint density at radius 2 is 1.67 bits per heavy atom. The van der Waals surface area contributed by atoms with Crippen LogP contribution in [0.2, 0.25) is 0 Å². The first-order valence-corrected chi connectivity index (χ1v) is 11.0. The maximum absolute atomic E-state index is 12.3. The molecule has 2 amide bonds. The molecule has 1 aliphatic rings. The highest BCUT2D eigenvalue weighted by Crippen LogP contribution is 2.20. The lowest BCUT2D eigenvalue weighted by Gasteiger charge is -2.28. The van der Waals surface area contributed by atoms with Crippen molar-refractivity contribution in [2.24, 2.45) is 11.7 Å². The molecule has 1 aliphatic heterocycles. The second-order valence-corrected chi connectivity index (χ2v) is 8.36. The van der Waals surface area contributed by atoms with Gasteiger partial charge in [-0.15, -0.1) is 0 Å². The summed E-state index contributed by atoms with van der Waals surface area (Å²) in [5, 5.41) is 22.5. The molecule has 180 valence electrons. The van der Waals surface area contributed by atoms with Gasteiger partial charge >= 0.3 is 18.0 Å². The largest absolute Gasteiger partial charge is 0.480 e. The maximum atomic E-state index is 12.3. The number of hydrogen-bond acceptors (Lipinski definition) is 5. The van der Waals surface area contributed by atoms with Crippen LogP contribution >= 0.6 is 0 Å². The lowest BCUT2D eigenvalue weighted by molar-refractivity contribution is -0.140. The van der Waals surface area contributed by atoms with Crippen molar-refractivity contribution >= 4 is 28.7 Å². The van der Waals surface area contributed by atoms with Crippen LogP contribution < -0.4 is 11.1 Å². The Morgan fingerprint density at radius 3 is 2.24 bits per heavy atom. The number of nitrogens with one attached hydrogen (secondary N) is 1. The molecular formula is C24H33N3O6. The highest BCUT2D eigenvalue weighted by atomic mass is 16.5. The molecule has 0 saturated carbocycles. The molecule has 0 aromatic heterocycles. The molecule has 3 rings (SSSR count). The number of carboxylic acids is 2. The number of carbonyl (C=O) groups is 3. The zero-order chi connectivity index (χ0) is 24.4. The van der Waals surface area contributed by atoms with E-state index in [1.165, 1.54) is 0 Å². The van der Waals surface area contributed by atoms with Gasteiger partial charge in [-0.2, -0.15) is 0 Å². The van der Waals surface area contributed by atoms with Gasteiger partial charge in [-0.25, -0.2) is 9.59 Å². The van der Waals surface area contributed by atoms with Gasteiger partial charge in [-0.05, 0) is 28.7 Å². The molecule has 9 heteroatoms. The number of benzene rings is 2. The van der Waals surface area contributed by atoms with Crippen LogP contribution in [0.4, 0.5) is 4.79 Å². The van der Waals surface area contributed by atoms with Gasteiger partial charge in [-0.3, -0.25) is 4.79 Å². The number of aliphatic carboxylic acids is 2. The van der Waals surface area contributed by atoms with Crippen molar-refractivity contribution in [1.82, 2.24) is 10.2 Å². The quantitative estimate of drug-likeness (QED) is 0.498. The van der Waals surface area contributed by atoms with Crippen LogP contribution in [0, 0.1) is 5.92 Å². The molecule has 5 N–H and O–H groups in total. The summed E-state index contributed by atoms with van der Waals surface area (Å²) >= 11 is 0. The van der Waals surface area contributed by atoms with Crippen molar-refractivity contribution in [3.05, 3.63) is 48.0 Å². The van der Waals surface area contributed by atoms with Crippen LogP contribution in [-0.4, -0.2) is 71.5 Å². The summed E-state index contributed by atoms with van der Waals surface area (Å²) in [6.07, 6.45) is 0.794. The molecule has 2 aromatic carbocycles. The molecule has 0 radical (unpaired) electrons. The van der Waals surface area contributed by atoms with E-state index in [1.54, 1.807) is 4.90 Å². The van der Waals surface area contributed by atoms with Gasteiger partial charge in [0.05, 0.1) is 13.2 Å². The van der Waals surface area contributed by atoms with Crippen molar-refractivity contribution in [3.63, 3.8) is 0 Å². The molecule has 9 nitrogen and oxygen atoms in total. The van der Waals surface area contributed by atoms with Gasteiger partial charge in [0, 0.05) is 19.5 Å². The second kappa shape index (κ2) is 12.8. The van der Waals surface area contributed by atoms with Crippen LogP contribution in [0.25, 0.3) is 10.8 Å². The molecule has 1 heterocycles. The predicted molar refractivity (Wildman–Crippen MR) is 125 cm³/mol. The molecule has 0 unspecified atom stereocenters. The summed E-state index contributed by atoms with van der Waals surface area (Å²) in [4.78, 5) is 35.6. The minimum atomic E-state index is -1.04. The summed E-state index contributed by atoms with van der Waals surface area (Å²) in [6.45, 7) is 5.81. The van der Waals surface area contributed by atoms with Gasteiger partial charge in [0.15, 0.2) is 0 Å². The fraction of sp³-hybridized carbons (Fsp3) is 0.458. The van der Waals surface area contributed by atoms with Crippen molar-refractivity contribution in [3.8, 4) is 0 Å². The Balaban J connectivity index is 0.000000365. The third-order valence-corrected chi connectivity index (χ3v) is 5.24. The third-order valence-electron chi connectivity index (χ3n) is 5.24. The van der Waals surface area contributed by atoms with Gasteiger partial charge in [0.1, 0.15) is 12.1 Å². The van der Waals surface area contributed by atoms with Gasteiger partial charge in [0.25, 0.3) is 0 Å². The zero-order valence-corrected chi connectivity index (χ0v) is 19.1. The predicted octanol–water partition coefficient (Wildman–Crippen LogP) is 2.32. The molecule has 1 fully saturated rings. The molecule has 33 heavy (non-hydrogen) atoms. The van der Waals surface area contributed by atoms with Crippen LogP contribution in [0.5, 0.6) is 0 Å². The first-order chi connectivity index (χ1) is 15.7. The number of carboxylic acid groups (broad SMARTS) is 2. The number of ether oxygens (including phenoxy) is 1. The minimum absolute atomic E-state index is 0.243. The van der Waals surface area contributed by atoms with Crippen molar-refractivity contribution in [1.29, 1.82) is 0 Å². The Bertz CT molecular complexity index is 937. The van der Waals surface area contributed by atoms with Crippen molar-refractivity contribution in [2.45, 2.75) is 38.8 Å². The minimum Gasteiger partial charge on any atom is -0.480 e. The molecule has 2 atom stereocenters. The Morgan fingerprint density at radius 1 is 1.03 bits per heavy atom. The maximum Gasteiger partial charge on any atom is 0.326 e. The van der Waals surface area contributed by atoms with Crippen LogP contribution in [0.1, 0.15) is 25.8 Å². The molecule has 2 aromatic rings. The van der Waals surface area contributed by atoms with Gasteiger partial charge in [-0.1, -0.05) is 56.3 Å². The smallest absolute Gasteiger partial charge is 0.326 e. The molecule has 0 aliphatic carbocycles. The van der Waals surface area contributed by atoms with Crippen LogP contribution in [-0.2, 0) is 20.7 Å². The number of rotatable bonds is 7. The number of morpholine rings is 1. The number of hydrogen-bond donors (Lipinski definition) is 4. The number of carbonyl (C=O) groups excluding carboxylic acids is 1. The normalized spacial score (nSPS) is 15.3. The molecule has 0 bridgehead atoms. The SMILES string of the molecule is CC(C)C[C@H](N)C(=O)O.O=C(O)[C@H](Cc1cccc2ccccc12)NC(=O)N1CCOCC1. The van der Waals surface area contributed by atoms with Crippen molar-refractivity contribution < 1.29 is 29.3 Å².